The molecule has 0 atom stereocenters. The van der Waals surface area contributed by atoms with Crippen LogP contribution in [-0.2, 0) is 17.8 Å². The molecule has 0 spiro atoms. The first-order valence-electron chi connectivity index (χ1n) is 8.88. The average molecular weight is 377 g/mol. The number of para-hydroxylation sites is 2. The van der Waals surface area contributed by atoms with Gasteiger partial charge >= 0.3 is 0 Å². The number of aromatic nitrogens is 2. The van der Waals surface area contributed by atoms with E-state index in [4.69, 9.17) is 5.73 Å². The zero-order chi connectivity index (χ0) is 20.1. The SMILES string of the molecule is CN(C)C(=O)Cc1cnn(Cc2ccc(C(=O)Nc3ccccc3N)cc2)c1. The predicted molar refractivity (Wildman–Crippen MR) is 109 cm³/mol. The third-order valence-electron chi connectivity index (χ3n) is 4.31. The van der Waals surface area contributed by atoms with E-state index in [0.29, 0.717) is 29.9 Å². The zero-order valence-electron chi connectivity index (χ0n) is 15.9. The smallest absolute Gasteiger partial charge is 0.255 e. The maximum Gasteiger partial charge on any atom is 0.255 e. The van der Waals surface area contributed by atoms with Crippen LogP contribution in [0, 0.1) is 0 Å². The highest BCUT2D eigenvalue weighted by Gasteiger charge is 2.10. The summed E-state index contributed by atoms with van der Waals surface area (Å²) in [5, 5.41) is 7.11. The molecular weight excluding hydrogens is 354 g/mol. The van der Waals surface area contributed by atoms with Crippen LogP contribution in [0.2, 0.25) is 0 Å². The molecule has 0 aliphatic carbocycles. The number of carbonyl (C=O) groups is 2. The minimum Gasteiger partial charge on any atom is -0.397 e. The third-order valence-corrected chi connectivity index (χ3v) is 4.31. The van der Waals surface area contributed by atoms with E-state index < -0.39 is 0 Å². The maximum atomic E-state index is 12.4. The number of nitrogens with two attached hydrogens (primary N) is 1. The third kappa shape index (κ3) is 4.76. The van der Waals surface area contributed by atoms with Crippen LogP contribution in [0.5, 0.6) is 0 Å². The highest BCUT2D eigenvalue weighted by Crippen LogP contribution is 2.18. The summed E-state index contributed by atoms with van der Waals surface area (Å²) in [4.78, 5) is 25.7. The standard InChI is InChI=1S/C21H23N5O2/c1-25(2)20(27)11-16-12-23-26(14-16)13-15-7-9-17(10-8-15)21(28)24-19-6-4-3-5-18(19)22/h3-10,12,14H,11,13,22H2,1-2H3,(H,24,28). The number of likely N-dealkylation sites (N-methyl/N-ethyl adjacent to an activating group) is 1. The van der Waals surface area contributed by atoms with Crippen molar-refractivity contribution in [3.63, 3.8) is 0 Å². The molecule has 0 fully saturated rings. The van der Waals surface area contributed by atoms with E-state index in [1.165, 1.54) is 0 Å². The summed E-state index contributed by atoms with van der Waals surface area (Å²) >= 11 is 0. The molecule has 7 nitrogen and oxygen atoms in total. The summed E-state index contributed by atoms with van der Waals surface area (Å²) < 4.78 is 1.78. The van der Waals surface area contributed by atoms with Gasteiger partial charge in [-0.15, -0.1) is 0 Å². The molecule has 3 N–H and O–H groups in total. The highest BCUT2D eigenvalue weighted by molar-refractivity contribution is 6.05. The Morgan fingerprint density at radius 1 is 1.07 bits per heavy atom. The summed E-state index contributed by atoms with van der Waals surface area (Å²) in [6.45, 7) is 0.559. The molecule has 1 heterocycles. The normalized spacial score (nSPS) is 10.5. The number of nitrogens with one attached hydrogen (secondary N) is 1. The Balaban J connectivity index is 1.62. The lowest BCUT2D eigenvalue weighted by Crippen LogP contribution is -2.23. The Labute approximate surface area is 163 Å². The first-order valence-corrected chi connectivity index (χ1v) is 8.88. The van der Waals surface area contributed by atoms with Gasteiger partial charge in [0.2, 0.25) is 5.91 Å². The second-order valence-electron chi connectivity index (χ2n) is 6.75. The molecule has 7 heteroatoms. The van der Waals surface area contributed by atoms with E-state index >= 15 is 0 Å². The number of nitrogen functional groups attached to an aromatic ring is 1. The molecule has 1 aromatic heterocycles. The molecule has 3 rings (SSSR count). The van der Waals surface area contributed by atoms with Crippen LogP contribution in [0.4, 0.5) is 11.4 Å². The fourth-order valence-electron chi connectivity index (χ4n) is 2.67. The molecule has 28 heavy (non-hydrogen) atoms. The molecular formula is C21H23N5O2. The Kier molecular flexibility index (Phi) is 5.74. The van der Waals surface area contributed by atoms with Crippen LogP contribution < -0.4 is 11.1 Å². The van der Waals surface area contributed by atoms with E-state index in [9.17, 15) is 9.59 Å². The highest BCUT2D eigenvalue weighted by atomic mass is 16.2. The molecule has 0 aliphatic rings. The summed E-state index contributed by atoms with van der Waals surface area (Å²) in [7, 11) is 3.47. The van der Waals surface area contributed by atoms with E-state index in [-0.39, 0.29) is 11.8 Å². The van der Waals surface area contributed by atoms with Gasteiger partial charge in [-0.3, -0.25) is 14.3 Å². The van der Waals surface area contributed by atoms with Crippen molar-refractivity contribution >= 4 is 23.2 Å². The molecule has 0 aliphatic heterocycles. The van der Waals surface area contributed by atoms with Gasteiger partial charge in [0.25, 0.3) is 5.91 Å². The Morgan fingerprint density at radius 2 is 1.79 bits per heavy atom. The average Bonchev–Trinajstić information content (AvgIpc) is 3.11. The number of benzene rings is 2. The van der Waals surface area contributed by atoms with Crippen molar-refractivity contribution in [1.82, 2.24) is 14.7 Å². The van der Waals surface area contributed by atoms with Gasteiger partial charge in [0, 0.05) is 25.9 Å². The van der Waals surface area contributed by atoms with E-state index in [1.807, 2.05) is 30.5 Å². The van der Waals surface area contributed by atoms with Gasteiger partial charge < -0.3 is 16.0 Å². The van der Waals surface area contributed by atoms with Gasteiger partial charge in [-0.25, -0.2) is 0 Å². The number of carbonyl (C=O) groups excluding carboxylic acids is 2. The van der Waals surface area contributed by atoms with Crippen LogP contribution in [0.3, 0.4) is 0 Å². The summed E-state index contributed by atoms with van der Waals surface area (Å²) in [6, 6.07) is 14.4. The minimum atomic E-state index is -0.215. The molecule has 2 amide bonds. The van der Waals surface area contributed by atoms with Gasteiger partial charge in [-0.05, 0) is 35.4 Å². The molecule has 0 radical (unpaired) electrons. The minimum absolute atomic E-state index is 0.0361. The van der Waals surface area contributed by atoms with Crippen LogP contribution in [0.25, 0.3) is 0 Å². The first kappa shape index (κ1) is 19.2. The molecule has 2 aromatic carbocycles. The van der Waals surface area contributed by atoms with Gasteiger partial charge in [0.1, 0.15) is 0 Å². The van der Waals surface area contributed by atoms with Crippen molar-refractivity contribution in [3.8, 4) is 0 Å². The molecule has 3 aromatic rings. The van der Waals surface area contributed by atoms with Crippen molar-refractivity contribution in [2.45, 2.75) is 13.0 Å². The van der Waals surface area contributed by atoms with Crippen molar-refractivity contribution in [1.29, 1.82) is 0 Å². The van der Waals surface area contributed by atoms with E-state index in [0.717, 1.165) is 11.1 Å². The second kappa shape index (κ2) is 8.39. The monoisotopic (exact) mass is 377 g/mol. The van der Waals surface area contributed by atoms with Crippen LogP contribution >= 0.6 is 0 Å². The number of hydrogen-bond acceptors (Lipinski definition) is 4. The molecule has 0 saturated heterocycles. The summed E-state index contributed by atoms with van der Waals surface area (Å²) in [5.74, 6) is -0.179. The van der Waals surface area contributed by atoms with Crippen molar-refractivity contribution in [3.05, 3.63) is 77.6 Å². The first-order chi connectivity index (χ1) is 13.4. The Hall–Kier alpha value is -3.61. The lowest BCUT2D eigenvalue weighted by Gasteiger charge is -2.09. The van der Waals surface area contributed by atoms with Crippen molar-refractivity contribution in [2.24, 2.45) is 0 Å². The van der Waals surface area contributed by atoms with Gasteiger partial charge in [0.15, 0.2) is 0 Å². The number of hydrogen-bond donors (Lipinski definition) is 2. The topological polar surface area (TPSA) is 93.2 Å². The van der Waals surface area contributed by atoms with E-state index in [2.05, 4.69) is 10.4 Å². The zero-order valence-corrected chi connectivity index (χ0v) is 15.9. The quantitative estimate of drug-likeness (QED) is 0.645. The predicted octanol–water partition coefficient (Wildman–Crippen LogP) is 2.40. The number of anilines is 2. The number of nitrogens with zero attached hydrogens (tertiary/aromatic N) is 3. The fourth-order valence-corrected chi connectivity index (χ4v) is 2.67. The lowest BCUT2D eigenvalue weighted by atomic mass is 10.1. The maximum absolute atomic E-state index is 12.4. The molecule has 0 unspecified atom stereocenters. The fraction of sp³-hybridized carbons (Fsp3) is 0.190. The summed E-state index contributed by atoms with van der Waals surface area (Å²) in [6.07, 6.45) is 3.89. The van der Waals surface area contributed by atoms with Crippen LogP contribution in [-0.4, -0.2) is 40.6 Å². The molecule has 0 saturated carbocycles. The van der Waals surface area contributed by atoms with Crippen molar-refractivity contribution < 1.29 is 9.59 Å². The Morgan fingerprint density at radius 3 is 2.46 bits per heavy atom. The second-order valence-corrected chi connectivity index (χ2v) is 6.75. The number of amides is 2. The molecule has 144 valence electrons. The van der Waals surface area contributed by atoms with Crippen molar-refractivity contribution in [2.75, 3.05) is 25.1 Å². The van der Waals surface area contributed by atoms with Gasteiger partial charge in [-0.1, -0.05) is 24.3 Å². The largest absolute Gasteiger partial charge is 0.397 e. The van der Waals surface area contributed by atoms with Crippen LogP contribution in [0.1, 0.15) is 21.5 Å². The molecule has 0 bridgehead atoms. The summed E-state index contributed by atoms with van der Waals surface area (Å²) in [5.41, 5.74) is 9.39. The van der Waals surface area contributed by atoms with E-state index in [1.54, 1.807) is 54.1 Å². The Bertz CT molecular complexity index is 976. The van der Waals surface area contributed by atoms with Gasteiger partial charge in [-0.2, -0.15) is 5.10 Å². The lowest BCUT2D eigenvalue weighted by molar-refractivity contribution is -0.127. The van der Waals surface area contributed by atoms with Crippen LogP contribution in [0.15, 0.2) is 60.9 Å². The number of rotatable bonds is 6. The van der Waals surface area contributed by atoms with Gasteiger partial charge in [0.05, 0.1) is 30.5 Å².